The molecule has 0 aromatic heterocycles. The van der Waals surface area contributed by atoms with Crippen molar-refractivity contribution in [2.45, 2.75) is 19.1 Å². The molecule has 0 unspecified atom stereocenters. The molecule has 0 heterocycles. The van der Waals surface area contributed by atoms with Crippen LogP contribution in [0.2, 0.25) is 0 Å². The van der Waals surface area contributed by atoms with Gasteiger partial charge in [0.1, 0.15) is 0 Å². The summed E-state index contributed by atoms with van der Waals surface area (Å²) in [6, 6.07) is 6.72. The summed E-state index contributed by atoms with van der Waals surface area (Å²) < 4.78 is 5.41. The Morgan fingerprint density at radius 1 is 1.44 bits per heavy atom. The van der Waals surface area contributed by atoms with Gasteiger partial charge in [-0.1, -0.05) is 0 Å². The lowest BCUT2D eigenvalue weighted by atomic mass is 10.2. The van der Waals surface area contributed by atoms with Crippen LogP contribution in [0.3, 0.4) is 0 Å². The van der Waals surface area contributed by atoms with E-state index in [2.05, 4.69) is 6.58 Å². The summed E-state index contributed by atoms with van der Waals surface area (Å²) in [5.41, 5.74) is 8.58. The molecule has 0 amide bonds. The Labute approximate surface area is 98.1 Å². The van der Waals surface area contributed by atoms with Gasteiger partial charge in [-0.05, 0) is 38.1 Å². The molecule has 86 valence electrons. The minimum atomic E-state index is -0.610. The molecule has 0 saturated heterocycles. The Kier molecular flexibility index (Phi) is 3.90. The molecule has 4 heteroatoms. The fraction of sp³-hybridized carbons (Fsp3) is 0.250. The zero-order chi connectivity index (χ0) is 12.2. The second kappa shape index (κ2) is 4.98. The lowest BCUT2D eigenvalue weighted by Gasteiger charge is -2.23. The molecule has 0 fully saturated rings. The van der Waals surface area contributed by atoms with Crippen molar-refractivity contribution >= 4 is 21.2 Å². The smallest absolute Gasteiger partial charge is 0.338 e. The number of benzene rings is 1. The highest BCUT2D eigenvalue weighted by atomic mass is 28.2. The van der Waals surface area contributed by atoms with Gasteiger partial charge in [0.2, 0.25) is 0 Å². The van der Waals surface area contributed by atoms with Crippen LogP contribution in [0.25, 0.3) is 0 Å². The van der Waals surface area contributed by atoms with E-state index in [0.29, 0.717) is 11.3 Å². The van der Waals surface area contributed by atoms with Crippen molar-refractivity contribution in [3.05, 3.63) is 42.1 Å². The van der Waals surface area contributed by atoms with Crippen LogP contribution in [0.4, 0.5) is 5.69 Å². The van der Waals surface area contributed by atoms with Crippen molar-refractivity contribution in [2.75, 3.05) is 5.73 Å². The van der Waals surface area contributed by atoms with Gasteiger partial charge in [-0.2, -0.15) is 0 Å². The second-order valence-electron chi connectivity index (χ2n) is 4.26. The molecule has 0 spiro atoms. The van der Waals surface area contributed by atoms with Crippen molar-refractivity contribution in [1.82, 2.24) is 0 Å². The predicted octanol–water partition coefficient (Wildman–Crippen LogP) is 1.47. The summed E-state index contributed by atoms with van der Waals surface area (Å²) in [7, 11) is -0.610. The summed E-state index contributed by atoms with van der Waals surface area (Å²) in [6.45, 7) is 7.52. The van der Waals surface area contributed by atoms with E-state index in [1.165, 1.54) is 0 Å². The summed E-state index contributed by atoms with van der Waals surface area (Å²) in [5, 5.41) is -0.389. The number of carbonyl (C=O) groups is 1. The van der Waals surface area contributed by atoms with E-state index >= 15 is 0 Å². The zero-order valence-corrected chi connectivity index (χ0v) is 11.1. The fourth-order valence-electron chi connectivity index (χ4n) is 1.32. The first-order valence-corrected chi connectivity index (χ1v) is 6.67. The van der Waals surface area contributed by atoms with E-state index in [-0.39, 0.29) is 11.2 Å². The minimum absolute atomic E-state index is 0.306. The van der Waals surface area contributed by atoms with Gasteiger partial charge in [0, 0.05) is 5.69 Å². The zero-order valence-electron chi connectivity index (χ0n) is 9.69. The Morgan fingerprint density at radius 3 is 2.50 bits per heavy atom. The summed E-state index contributed by atoms with van der Waals surface area (Å²) in [5.74, 6) is -0.306. The molecule has 1 aromatic carbocycles. The predicted molar refractivity (Wildman–Crippen MR) is 69.1 cm³/mol. The van der Waals surface area contributed by atoms with Crippen molar-refractivity contribution < 1.29 is 9.53 Å². The number of carbonyl (C=O) groups excluding carboxylic acids is 1. The molecule has 2 N–H and O–H groups in total. The maximum absolute atomic E-state index is 11.8. The monoisotopic (exact) mass is 235 g/mol. The SMILES string of the molecule is C=C[SiH2]C(C)(C)OC(=O)c1ccc(N)cc1. The van der Waals surface area contributed by atoms with Gasteiger partial charge < -0.3 is 10.5 Å². The average Bonchev–Trinajstić information content (AvgIpc) is 2.17. The first-order chi connectivity index (χ1) is 7.44. The number of nitrogens with two attached hydrogens (primary N) is 1. The molecule has 0 bridgehead atoms. The Bertz CT molecular complexity index is 385. The summed E-state index contributed by atoms with van der Waals surface area (Å²) in [6.07, 6.45) is 0. The van der Waals surface area contributed by atoms with Gasteiger partial charge in [-0.15, -0.1) is 12.3 Å². The van der Waals surface area contributed by atoms with Gasteiger partial charge in [0.15, 0.2) is 0 Å². The van der Waals surface area contributed by atoms with Gasteiger partial charge >= 0.3 is 5.97 Å². The van der Waals surface area contributed by atoms with Crippen LogP contribution in [0.5, 0.6) is 0 Å². The normalized spacial score (nSPS) is 11.6. The van der Waals surface area contributed by atoms with Gasteiger partial charge in [0.05, 0.1) is 20.3 Å². The molecular weight excluding hydrogens is 218 g/mol. The highest BCUT2D eigenvalue weighted by Crippen LogP contribution is 2.13. The first kappa shape index (κ1) is 12.5. The summed E-state index contributed by atoms with van der Waals surface area (Å²) >= 11 is 0. The molecule has 0 aliphatic carbocycles. The quantitative estimate of drug-likeness (QED) is 0.488. The molecule has 1 aromatic rings. The first-order valence-electron chi connectivity index (χ1n) is 5.14. The van der Waals surface area contributed by atoms with E-state index < -0.39 is 9.52 Å². The van der Waals surface area contributed by atoms with Crippen LogP contribution in [0.15, 0.2) is 36.5 Å². The van der Waals surface area contributed by atoms with E-state index in [4.69, 9.17) is 10.5 Å². The standard InChI is InChI=1S/C12H17NO2Si/c1-4-16-12(2,3)15-11(14)9-5-7-10(13)8-6-9/h4-8H,1,13,16H2,2-3H3. The van der Waals surface area contributed by atoms with E-state index in [1.54, 1.807) is 24.3 Å². The van der Waals surface area contributed by atoms with Crippen molar-refractivity contribution in [2.24, 2.45) is 0 Å². The third-order valence-electron chi connectivity index (χ3n) is 2.15. The van der Waals surface area contributed by atoms with Crippen molar-refractivity contribution in [3.63, 3.8) is 0 Å². The third kappa shape index (κ3) is 3.55. The van der Waals surface area contributed by atoms with Crippen molar-refractivity contribution in [1.29, 1.82) is 0 Å². The maximum Gasteiger partial charge on any atom is 0.338 e. The van der Waals surface area contributed by atoms with Gasteiger partial charge in [0.25, 0.3) is 0 Å². The maximum atomic E-state index is 11.8. The fourth-order valence-corrected chi connectivity index (χ4v) is 2.23. The van der Waals surface area contributed by atoms with Crippen LogP contribution in [-0.2, 0) is 4.74 Å². The highest BCUT2D eigenvalue weighted by molar-refractivity contribution is 6.45. The number of ether oxygens (including phenoxy) is 1. The highest BCUT2D eigenvalue weighted by Gasteiger charge is 2.22. The minimum Gasteiger partial charge on any atom is -0.460 e. The van der Waals surface area contributed by atoms with Crippen LogP contribution in [-0.4, -0.2) is 20.7 Å². The Balaban J connectivity index is 2.72. The Morgan fingerprint density at radius 2 is 2.00 bits per heavy atom. The lowest BCUT2D eigenvalue weighted by molar-refractivity contribution is 0.0267. The van der Waals surface area contributed by atoms with Gasteiger partial charge in [-0.25, -0.2) is 4.79 Å². The van der Waals surface area contributed by atoms with E-state index in [0.717, 1.165) is 0 Å². The largest absolute Gasteiger partial charge is 0.460 e. The van der Waals surface area contributed by atoms with Crippen LogP contribution in [0.1, 0.15) is 24.2 Å². The average molecular weight is 235 g/mol. The number of anilines is 1. The molecule has 0 saturated carbocycles. The Hall–Kier alpha value is -1.55. The molecule has 0 aliphatic heterocycles. The number of esters is 1. The van der Waals surface area contributed by atoms with Crippen LogP contribution >= 0.6 is 0 Å². The van der Waals surface area contributed by atoms with E-state index in [9.17, 15) is 4.79 Å². The third-order valence-corrected chi connectivity index (χ3v) is 3.57. The van der Waals surface area contributed by atoms with Gasteiger partial charge in [-0.3, -0.25) is 0 Å². The number of hydrogen-bond donors (Lipinski definition) is 1. The molecule has 0 radical (unpaired) electrons. The topological polar surface area (TPSA) is 52.3 Å². The molecule has 0 atom stereocenters. The van der Waals surface area contributed by atoms with E-state index in [1.807, 2.05) is 19.5 Å². The lowest BCUT2D eigenvalue weighted by Crippen LogP contribution is -2.33. The van der Waals surface area contributed by atoms with Crippen molar-refractivity contribution in [3.8, 4) is 0 Å². The van der Waals surface area contributed by atoms with Crippen LogP contribution < -0.4 is 5.73 Å². The second-order valence-corrected chi connectivity index (χ2v) is 6.95. The van der Waals surface area contributed by atoms with Crippen LogP contribution in [0, 0.1) is 0 Å². The summed E-state index contributed by atoms with van der Waals surface area (Å²) in [4.78, 5) is 11.8. The number of rotatable bonds is 4. The molecular formula is C12H17NO2Si. The molecule has 3 nitrogen and oxygen atoms in total. The molecule has 1 rings (SSSR count). The number of hydrogen-bond acceptors (Lipinski definition) is 3. The number of nitrogen functional groups attached to an aromatic ring is 1. The molecule has 0 aliphatic rings. The molecule has 16 heavy (non-hydrogen) atoms.